The van der Waals surface area contributed by atoms with Gasteiger partial charge >= 0.3 is 0 Å². The van der Waals surface area contributed by atoms with E-state index < -0.39 is 0 Å². The van der Waals surface area contributed by atoms with Gasteiger partial charge in [-0.25, -0.2) is 0 Å². The lowest BCUT2D eigenvalue weighted by Crippen LogP contribution is -2.26. The van der Waals surface area contributed by atoms with Crippen LogP contribution in [0.2, 0.25) is 0 Å². The van der Waals surface area contributed by atoms with E-state index in [0.29, 0.717) is 17.9 Å². The first-order chi connectivity index (χ1) is 10.2. The Balaban J connectivity index is 2.08. The zero-order valence-corrected chi connectivity index (χ0v) is 12.1. The topological polar surface area (TPSA) is 64.4 Å². The number of nitrogens with one attached hydrogen (secondary N) is 1. The number of rotatable bonds is 6. The van der Waals surface area contributed by atoms with Gasteiger partial charge in [0.15, 0.2) is 5.75 Å². The Morgan fingerprint density at radius 2 is 1.81 bits per heavy atom. The van der Waals surface area contributed by atoms with Crippen LogP contribution in [-0.2, 0) is 4.79 Å². The van der Waals surface area contributed by atoms with Crippen molar-refractivity contribution in [2.45, 2.75) is 25.8 Å². The summed E-state index contributed by atoms with van der Waals surface area (Å²) >= 11 is 0. The molecule has 0 saturated heterocycles. The molecule has 2 aromatic rings. The summed E-state index contributed by atoms with van der Waals surface area (Å²) in [6.07, 6.45) is 1.08. The minimum Gasteiger partial charge on any atom is -0.455 e. The van der Waals surface area contributed by atoms with E-state index in [0.717, 1.165) is 12.2 Å². The molecule has 0 saturated carbocycles. The van der Waals surface area contributed by atoms with E-state index in [1.54, 1.807) is 0 Å². The minimum atomic E-state index is -0.118. The van der Waals surface area contributed by atoms with E-state index in [1.165, 1.54) is 0 Å². The number of benzene rings is 2. The average molecular weight is 284 g/mol. The summed E-state index contributed by atoms with van der Waals surface area (Å²) in [7, 11) is 0. The van der Waals surface area contributed by atoms with Crippen LogP contribution in [0.15, 0.2) is 54.6 Å². The van der Waals surface area contributed by atoms with Gasteiger partial charge in [-0.15, -0.1) is 0 Å². The maximum Gasteiger partial charge on any atom is 0.226 e. The lowest BCUT2D eigenvalue weighted by Gasteiger charge is -2.13. The van der Waals surface area contributed by atoms with Gasteiger partial charge in [-0.05, 0) is 30.7 Å². The van der Waals surface area contributed by atoms with Crippen molar-refractivity contribution in [3.63, 3.8) is 0 Å². The molecular formula is C17H20N2O2. The van der Waals surface area contributed by atoms with Crippen LogP contribution in [0.5, 0.6) is 11.5 Å². The SMILES string of the molecule is CCC(N)CC(=O)Nc1ccccc1Oc1ccccc1. The average Bonchev–Trinajstić information content (AvgIpc) is 2.50. The molecule has 0 heterocycles. The molecule has 2 aromatic carbocycles. The van der Waals surface area contributed by atoms with Crippen molar-refractivity contribution in [3.05, 3.63) is 54.6 Å². The largest absolute Gasteiger partial charge is 0.455 e. The molecule has 0 spiro atoms. The quantitative estimate of drug-likeness (QED) is 0.852. The number of hydrogen-bond acceptors (Lipinski definition) is 3. The van der Waals surface area contributed by atoms with Crippen molar-refractivity contribution in [3.8, 4) is 11.5 Å². The van der Waals surface area contributed by atoms with Crippen LogP contribution in [0, 0.1) is 0 Å². The molecule has 3 N–H and O–H groups in total. The van der Waals surface area contributed by atoms with E-state index in [-0.39, 0.29) is 11.9 Å². The highest BCUT2D eigenvalue weighted by Crippen LogP contribution is 2.29. The number of hydrogen-bond donors (Lipinski definition) is 2. The number of nitrogens with two attached hydrogens (primary N) is 1. The first-order valence-corrected chi connectivity index (χ1v) is 7.06. The Hall–Kier alpha value is -2.33. The first kappa shape index (κ1) is 15.1. The molecule has 0 aromatic heterocycles. The van der Waals surface area contributed by atoms with Crippen LogP contribution >= 0.6 is 0 Å². The predicted octanol–water partition coefficient (Wildman–Crippen LogP) is 3.54. The summed E-state index contributed by atoms with van der Waals surface area (Å²) in [6.45, 7) is 1.96. The molecule has 0 aliphatic heterocycles. The van der Waals surface area contributed by atoms with E-state index in [4.69, 9.17) is 10.5 Å². The molecule has 1 amide bonds. The summed E-state index contributed by atoms with van der Waals surface area (Å²) in [5.41, 5.74) is 6.44. The van der Waals surface area contributed by atoms with Gasteiger partial charge in [0.25, 0.3) is 0 Å². The fourth-order valence-corrected chi connectivity index (χ4v) is 1.86. The second kappa shape index (κ2) is 7.45. The van der Waals surface area contributed by atoms with Gasteiger partial charge in [0.05, 0.1) is 5.69 Å². The maximum absolute atomic E-state index is 11.9. The summed E-state index contributed by atoms with van der Waals surface area (Å²) in [5, 5.41) is 2.85. The second-order valence-corrected chi connectivity index (χ2v) is 4.83. The van der Waals surface area contributed by atoms with Crippen molar-refractivity contribution in [2.24, 2.45) is 5.73 Å². The van der Waals surface area contributed by atoms with Gasteiger partial charge < -0.3 is 15.8 Å². The molecule has 21 heavy (non-hydrogen) atoms. The summed E-state index contributed by atoms with van der Waals surface area (Å²) in [6, 6.07) is 16.7. The second-order valence-electron chi connectivity index (χ2n) is 4.83. The molecule has 4 heteroatoms. The van der Waals surface area contributed by atoms with Gasteiger partial charge in [-0.2, -0.15) is 0 Å². The standard InChI is InChI=1S/C17H20N2O2/c1-2-13(18)12-17(20)19-15-10-6-7-11-16(15)21-14-8-4-3-5-9-14/h3-11,13H,2,12,18H2,1H3,(H,19,20). The highest BCUT2D eigenvalue weighted by Gasteiger charge is 2.11. The third-order valence-electron chi connectivity index (χ3n) is 3.10. The van der Waals surface area contributed by atoms with Crippen LogP contribution in [0.3, 0.4) is 0 Å². The van der Waals surface area contributed by atoms with Crippen molar-refractivity contribution in [1.82, 2.24) is 0 Å². The van der Waals surface area contributed by atoms with Gasteiger partial charge in [0, 0.05) is 12.5 Å². The van der Waals surface area contributed by atoms with Crippen LogP contribution in [0.1, 0.15) is 19.8 Å². The molecule has 110 valence electrons. The first-order valence-electron chi connectivity index (χ1n) is 7.06. The molecule has 0 aliphatic carbocycles. The Bertz CT molecular complexity index is 584. The van der Waals surface area contributed by atoms with Crippen LogP contribution in [-0.4, -0.2) is 11.9 Å². The third-order valence-corrected chi connectivity index (χ3v) is 3.10. The highest BCUT2D eigenvalue weighted by atomic mass is 16.5. The number of anilines is 1. The van der Waals surface area contributed by atoms with E-state index >= 15 is 0 Å². The fraction of sp³-hybridized carbons (Fsp3) is 0.235. The normalized spacial score (nSPS) is 11.7. The van der Waals surface area contributed by atoms with E-state index in [9.17, 15) is 4.79 Å². The smallest absolute Gasteiger partial charge is 0.226 e. The third kappa shape index (κ3) is 4.61. The van der Waals surface area contributed by atoms with Crippen LogP contribution < -0.4 is 15.8 Å². The number of amides is 1. The zero-order chi connectivity index (χ0) is 15.1. The van der Waals surface area contributed by atoms with Gasteiger partial charge in [0.2, 0.25) is 5.91 Å². The molecular weight excluding hydrogens is 264 g/mol. The van der Waals surface area contributed by atoms with E-state index in [1.807, 2.05) is 61.5 Å². The molecule has 4 nitrogen and oxygen atoms in total. The Labute approximate surface area is 124 Å². The van der Waals surface area contributed by atoms with E-state index in [2.05, 4.69) is 5.32 Å². The number of ether oxygens (including phenoxy) is 1. The summed E-state index contributed by atoms with van der Waals surface area (Å²) in [4.78, 5) is 11.9. The molecule has 0 radical (unpaired) electrons. The molecule has 0 bridgehead atoms. The van der Waals surface area contributed by atoms with Gasteiger partial charge in [0.1, 0.15) is 5.75 Å². The van der Waals surface area contributed by atoms with Gasteiger partial charge in [-0.3, -0.25) is 4.79 Å². The van der Waals surface area contributed by atoms with Crippen molar-refractivity contribution in [2.75, 3.05) is 5.32 Å². The maximum atomic E-state index is 11.9. The summed E-state index contributed by atoms with van der Waals surface area (Å²) < 4.78 is 5.80. The highest BCUT2D eigenvalue weighted by molar-refractivity contribution is 5.92. The van der Waals surface area contributed by atoms with Crippen molar-refractivity contribution >= 4 is 11.6 Å². The van der Waals surface area contributed by atoms with Gasteiger partial charge in [-0.1, -0.05) is 37.3 Å². The number of carbonyl (C=O) groups is 1. The molecule has 1 unspecified atom stereocenters. The molecule has 0 aliphatic rings. The lowest BCUT2D eigenvalue weighted by molar-refractivity contribution is -0.116. The van der Waals surface area contributed by atoms with Crippen LogP contribution in [0.25, 0.3) is 0 Å². The monoisotopic (exact) mass is 284 g/mol. The summed E-state index contributed by atoms with van der Waals surface area (Å²) in [5.74, 6) is 1.24. The zero-order valence-electron chi connectivity index (χ0n) is 12.1. The Kier molecular flexibility index (Phi) is 5.35. The lowest BCUT2D eigenvalue weighted by atomic mass is 10.1. The molecule has 1 atom stereocenters. The Morgan fingerprint density at radius 3 is 2.52 bits per heavy atom. The molecule has 0 fully saturated rings. The van der Waals surface area contributed by atoms with Crippen LogP contribution in [0.4, 0.5) is 5.69 Å². The fourth-order valence-electron chi connectivity index (χ4n) is 1.86. The number of para-hydroxylation sites is 3. The Morgan fingerprint density at radius 1 is 1.14 bits per heavy atom. The van der Waals surface area contributed by atoms with Crippen molar-refractivity contribution in [1.29, 1.82) is 0 Å². The van der Waals surface area contributed by atoms with Crippen molar-refractivity contribution < 1.29 is 9.53 Å². The predicted molar refractivity (Wildman–Crippen MR) is 84.5 cm³/mol. The molecule has 2 rings (SSSR count). The number of carbonyl (C=O) groups excluding carboxylic acids is 1. The minimum absolute atomic E-state index is 0.103.